The van der Waals surface area contributed by atoms with Crippen LogP contribution in [0.3, 0.4) is 0 Å². The van der Waals surface area contributed by atoms with Crippen LogP contribution in [0.25, 0.3) is 0 Å². The summed E-state index contributed by atoms with van der Waals surface area (Å²) in [4.78, 5) is 0. The largest absolute Gasteiger partial charge is 0.0683 e. The fraction of sp³-hybridized carbons (Fsp3) is 1.00. The Hall–Kier alpha value is 0. The van der Waals surface area contributed by atoms with E-state index in [2.05, 4.69) is 13.8 Å². The monoisotopic (exact) mass is 304 g/mol. The van der Waals surface area contributed by atoms with E-state index in [1.165, 1.54) is 70.6 Å². The van der Waals surface area contributed by atoms with Gasteiger partial charge < -0.3 is 0 Å². The number of hydrogen-bond donors (Lipinski definition) is 0. The lowest BCUT2D eigenvalue weighted by Crippen LogP contribution is -1.85. The predicted octanol–water partition coefficient (Wildman–Crippen LogP) is 9.42. The molecule has 0 amide bonds. The number of hydrogen-bond acceptors (Lipinski definition) is 0. The molecule has 1 aliphatic rings. The van der Waals surface area contributed by atoms with Crippen molar-refractivity contribution in [3.63, 3.8) is 0 Å². The van der Waals surface area contributed by atoms with Gasteiger partial charge in [0.05, 0.1) is 0 Å². The standard InChI is InChI=1S/C10H20.C3H8.4C2H6/c1-2-4-6-8-10-9-7-5-3-1;1-3-2;4*1-2/h1-10H2;3H2,1-2H3;4*1-2H3. The third-order valence-electron chi connectivity index (χ3n) is 2.50. The summed E-state index contributed by atoms with van der Waals surface area (Å²) in [5.74, 6) is 0. The van der Waals surface area contributed by atoms with Crippen molar-refractivity contribution in [1.82, 2.24) is 0 Å². The molecular formula is C21H52. The summed E-state index contributed by atoms with van der Waals surface area (Å²) in [5.41, 5.74) is 0. The minimum absolute atomic E-state index is 1.25. The Labute approximate surface area is 140 Å². The van der Waals surface area contributed by atoms with Crippen molar-refractivity contribution in [2.24, 2.45) is 0 Å². The molecular weight excluding hydrogens is 252 g/mol. The maximum atomic E-state index is 2.12. The predicted molar refractivity (Wildman–Crippen MR) is 108 cm³/mol. The molecule has 0 atom stereocenters. The van der Waals surface area contributed by atoms with Crippen molar-refractivity contribution in [3.05, 3.63) is 0 Å². The van der Waals surface area contributed by atoms with Crippen molar-refractivity contribution in [3.8, 4) is 0 Å². The van der Waals surface area contributed by atoms with E-state index in [0.717, 1.165) is 0 Å². The Morgan fingerprint density at radius 3 is 0.429 bits per heavy atom. The molecule has 1 saturated carbocycles. The fourth-order valence-corrected chi connectivity index (χ4v) is 1.77. The maximum absolute atomic E-state index is 2.12. The van der Waals surface area contributed by atoms with E-state index in [4.69, 9.17) is 0 Å². The van der Waals surface area contributed by atoms with Gasteiger partial charge in [-0.1, -0.05) is 140 Å². The van der Waals surface area contributed by atoms with Crippen LogP contribution in [0.4, 0.5) is 0 Å². The second kappa shape index (κ2) is 59.7. The average Bonchev–Trinajstić information content (AvgIpc) is 2.61. The Balaban J connectivity index is -0.0000000656. The van der Waals surface area contributed by atoms with Crippen molar-refractivity contribution >= 4 is 0 Å². The normalized spacial score (nSPS) is 13.4. The van der Waals surface area contributed by atoms with Crippen LogP contribution in [0.15, 0.2) is 0 Å². The first kappa shape index (κ1) is 32.8. The van der Waals surface area contributed by atoms with Crippen LogP contribution in [0, 0.1) is 0 Å². The molecule has 0 spiro atoms. The van der Waals surface area contributed by atoms with E-state index in [1.807, 2.05) is 55.4 Å². The van der Waals surface area contributed by atoms with Gasteiger partial charge in [0.15, 0.2) is 0 Å². The van der Waals surface area contributed by atoms with Gasteiger partial charge >= 0.3 is 0 Å². The van der Waals surface area contributed by atoms with Crippen LogP contribution < -0.4 is 0 Å². The van der Waals surface area contributed by atoms with Crippen LogP contribution >= 0.6 is 0 Å². The first-order chi connectivity index (χ1) is 10.4. The highest BCUT2D eigenvalue weighted by molar-refractivity contribution is 4.51. The summed E-state index contributed by atoms with van der Waals surface area (Å²) in [6.07, 6.45) is 16.2. The maximum Gasteiger partial charge on any atom is -0.0533 e. The summed E-state index contributed by atoms with van der Waals surface area (Å²) < 4.78 is 0. The Morgan fingerprint density at radius 2 is 0.381 bits per heavy atom. The highest BCUT2D eigenvalue weighted by Crippen LogP contribution is 2.15. The van der Waals surface area contributed by atoms with E-state index >= 15 is 0 Å². The van der Waals surface area contributed by atoms with Crippen molar-refractivity contribution in [2.75, 3.05) is 0 Å². The Bertz CT molecular complexity index is 42.9. The molecule has 0 heteroatoms. The summed E-state index contributed by atoms with van der Waals surface area (Å²) >= 11 is 0. The molecule has 0 aliphatic heterocycles. The Morgan fingerprint density at radius 1 is 0.333 bits per heavy atom. The zero-order valence-corrected chi connectivity index (χ0v) is 17.8. The van der Waals surface area contributed by atoms with Crippen molar-refractivity contribution in [1.29, 1.82) is 0 Å². The van der Waals surface area contributed by atoms with Gasteiger partial charge in [-0.3, -0.25) is 0 Å². The van der Waals surface area contributed by atoms with Crippen LogP contribution in [-0.2, 0) is 0 Å². The molecule has 0 heterocycles. The molecule has 0 saturated heterocycles. The van der Waals surface area contributed by atoms with E-state index in [1.54, 1.807) is 0 Å². The zero-order chi connectivity index (χ0) is 17.8. The molecule has 0 unspecified atom stereocenters. The molecule has 21 heavy (non-hydrogen) atoms. The molecule has 0 radical (unpaired) electrons. The molecule has 0 aromatic rings. The van der Waals surface area contributed by atoms with Crippen molar-refractivity contribution < 1.29 is 0 Å². The fourth-order valence-electron chi connectivity index (χ4n) is 1.77. The molecule has 1 rings (SSSR count). The third kappa shape index (κ3) is 64.8. The molecule has 136 valence electrons. The first-order valence-corrected chi connectivity index (χ1v) is 10.4. The Kier molecular flexibility index (Phi) is 93.2. The van der Waals surface area contributed by atoms with Crippen LogP contribution in [0.1, 0.15) is 140 Å². The molecule has 1 aliphatic carbocycles. The zero-order valence-electron chi connectivity index (χ0n) is 17.8. The lowest BCUT2D eigenvalue weighted by atomic mass is 10.0. The van der Waals surface area contributed by atoms with Crippen molar-refractivity contribution in [2.45, 2.75) is 140 Å². The molecule has 0 aromatic heterocycles. The van der Waals surface area contributed by atoms with Gasteiger partial charge in [0, 0.05) is 0 Å². The lowest BCUT2D eigenvalue weighted by molar-refractivity contribution is 0.504. The summed E-state index contributed by atoms with van der Waals surface area (Å²) in [5, 5.41) is 0. The molecule has 0 bridgehead atoms. The van der Waals surface area contributed by atoms with Crippen LogP contribution in [0.2, 0.25) is 0 Å². The van der Waals surface area contributed by atoms with E-state index in [9.17, 15) is 0 Å². The summed E-state index contributed by atoms with van der Waals surface area (Å²) in [6.45, 7) is 20.2. The van der Waals surface area contributed by atoms with Gasteiger partial charge in [0.2, 0.25) is 0 Å². The van der Waals surface area contributed by atoms with Crippen LogP contribution in [0.5, 0.6) is 0 Å². The summed E-state index contributed by atoms with van der Waals surface area (Å²) in [7, 11) is 0. The second-order valence-corrected chi connectivity index (χ2v) is 4.24. The SMILES string of the molecule is C1CCCCCCCCC1.CC.CC.CC.CC.CCC. The second-order valence-electron chi connectivity index (χ2n) is 4.24. The molecule has 0 N–H and O–H groups in total. The number of rotatable bonds is 0. The van der Waals surface area contributed by atoms with Gasteiger partial charge in [-0.2, -0.15) is 0 Å². The molecule has 0 nitrogen and oxygen atoms in total. The smallest absolute Gasteiger partial charge is 0.0533 e. The van der Waals surface area contributed by atoms with Crippen LogP contribution in [-0.4, -0.2) is 0 Å². The average molecular weight is 305 g/mol. The van der Waals surface area contributed by atoms with E-state index in [-0.39, 0.29) is 0 Å². The van der Waals surface area contributed by atoms with Gasteiger partial charge in [-0.05, 0) is 0 Å². The first-order valence-electron chi connectivity index (χ1n) is 10.4. The van der Waals surface area contributed by atoms with Gasteiger partial charge in [0.25, 0.3) is 0 Å². The minimum Gasteiger partial charge on any atom is -0.0683 e. The van der Waals surface area contributed by atoms with Gasteiger partial charge in [0.1, 0.15) is 0 Å². The van der Waals surface area contributed by atoms with Gasteiger partial charge in [-0.25, -0.2) is 0 Å². The minimum atomic E-state index is 1.25. The van der Waals surface area contributed by atoms with Gasteiger partial charge in [-0.15, -0.1) is 0 Å². The third-order valence-corrected chi connectivity index (χ3v) is 2.50. The summed E-state index contributed by atoms with van der Waals surface area (Å²) in [6, 6.07) is 0. The highest BCUT2D eigenvalue weighted by Gasteiger charge is 1.95. The topological polar surface area (TPSA) is 0 Å². The lowest BCUT2D eigenvalue weighted by Gasteiger charge is -2.05. The van der Waals surface area contributed by atoms with E-state index < -0.39 is 0 Å². The van der Waals surface area contributed by atoms with E-state index in [0.29, 0.717) is 0 Å². The molecule has 1 fully saturated rings. The quantitative estimate of drug-likeness (QED) is 0.418. The molecule has 0 aromatic carbocycles. The highest BCUT2D eigenvalue weighted by atomic mass is 14.0.